The van der Waals surface area contributed by atoms with Crippen molar-refractivity contribution in [1.82, 2.24) is 10.6 Å². The van der Waals surface area contributed by atoms with E-state index in [2.05, 4.69) is 22.8 Å². The molecule has 7 heteroatoms. The molecule has 0 aromatic heterocycles. The Balaban J connectivity index is 1.65. The fraction of sp³-hybridized carbons (Fsp3) is 0.423. The number of amides is 2. The Labute approximate surface area is 194 Å². The van der Waals surface area contributed by atoms with E-state index in [-0.39, 0.29) is 24.9 Å². The molecule has 0 heterocycles. The lowest BCUT2D eigenvalue weighted by molar-refractivity contribution is -0.137. The summed E-state index contributed by atoms with van der Waals surface area (Å²) in [6.07, 6.45) is 0.436. The van der Waals surface area contributed by atoms with Gasteiger partial charge in [0, 0.05) is 12.0 Å². The molecule has 0 fully saturated rings. The van der Waals surface area contributed by atoms with Gasteiger partial charge in [-0.3, -0.25) is 9.59 Å². The lowest BCUT2D eigenvalue weighted by atomic mass is 9.98. The van der Waals surface area contributed by atoms with E-state index >= 15 is 0 Å². The lowest BCUT2D eigenvalue weighted by Crippen LogP contribution is -2.50. The maximum Gasteiger partial charge on any atom is 0.407 e. The highest BCUT2D eigenvalue weighted by Crippen LogP contribution is 2.44. The Bertz CT molecular complexity index is 960. The van der Waals surface area contributed by atoms with Crippen molar-refractivity contribution in [1.29, 1.82) is 0 Å². The summed E-state index contributed by atoms with van der Waals surface area (Å²) >= 11 is 0. The Hall–Kier alpha value is -3.35. The van der Waals surface area contributed by atoms with Crippen LogP contribution in [-0.2, 0) is 14.3 Å². The van der Waals surface area contributed by atoms with Crippen molar-refractivity contribution in [3.63, 3.8) is 0 Å². The molecule has 0 spiro atoms. The maximum absolute atomic E-state index is 12.7. The van der Waals surface area contributed by atoms with E-state index in [1.54, 1.807) is 6.92 Å². The van der Waals surface area contributed by atoms with Gasteiger partial charge in [0.15, 0.2) is 0 Å². The van der Waals surface area contributed by atoms with Crippen LogP contribution in [0.4, 0.5) is 4.79 Å². The van der Waals surface area contributed by atoms with E-state index in [9.17, 15) is 14.4 Å². The van der Waals surface area contributed by atoms with E-state index < -0.39 is 30.1 Å². The van der Waals surface area contributed by atoms with Crippen LogP contribution in [0.3, 0.4) is 0 Å². The summed E-state index contributed by atoms with van der Waals surface area (Å²) in [6.45, 7) is 5.80. The van der Waals surface area contributed by atoms with Gasteiger partial charge in [-0.15, -0.1) is 0 Å². The van der Waals surface area contributed by atoms with Gasteiger partial charge in [-0.2, -0.15) is 0 Å². The molecule has 3 N–H and O–H groups in total. The van der Waals surface area contributed by atoms with Gasteiger partial charge in [-0.1, -0.05) is 68.8 Å². The van der Waals surface area contributed by atoms with Gasteiger partial charge in [0.05, 0.1) is 6.42 Å². The summed E-state index contributed by atoms with van der Waals surface area (Å²) < 4.78 is 5.58. The van der Waals surface area contributed by atoms with Crippen LogP contribution >= 0.6 is 0 Å². The van der Waals surface area contributed by atoms with Crippen molar-refractivity contribution in [2.75, 3.05) is 6.61 Å². The van der Waals surface area contributed by atoms with Crippen LogP contribution in [-0.4, -0.2) is 41.8 Å². The predicted molar refractivity (Wildman–Crippen MR) is 126 cm³/mol. The summed E-state index contributed by atoms with van der Waals surface area (Å²) in [7, 11) is 0. The van der Waals surface area contributed by atoms with Crippen molar-refractivity contribution in [2.24, 2.45) is 5.92 Å². The summed E-state index contributed by atoms with van der Waals surface area (Å²) in [5, 5.41) is 14.3. The maximum atomic E-state index is 12.7. The lowest BCUT2D eigenvalue weighted by Gasteiger charge is -2.23. The molecule has 2 amide bonds. The van der Waals surface area contributed by atoms with E-state index in [4.69, 9.17) is 9.84 Å². The third-order valence-electron chi connectivity index (χ3n) is 6.16. The largest absolute Gasteiger partial charge is 0.481 e. The summed E-state index contributed by atoms with van der Waals surface area (Å²) in [4.78, 5) is 36.3. The molecule has 2 aromatic rings. The Morgan fingerprint density at radius 3 is 2.09 bits per heavy atom. The number of carboxylic acids is 1. The molecule has 1 aliphatic carbocycles. The molecule has 33 heavy (non-hydrogen) atoms. The molecule has 0 saturated heterocycles. The van der Waals surface area contributed by atoms with Gasteiger partial charge in [0.2, 0.25) is 5.91 Å². The first-order valence-corrected chi connectivity index (χ1v) is 11.4. The monoisotopic (exact) mass is 452 g/mol. The highest BCUT2D eigenvalue weighted by Gasteiger charge is 2.30. The average Bonchev–Trinajstić information content (AvgIpc) is 3.10. The molecule has 3 rings (SSSR count). The number of ether oxygens (including phenoxy) is 1. The quantitative estimate of drug-likeness (QED) is 0.498. The zero-order valence-corrected chi connectivity index (χ0v) is 19.3. The van der Waals surface area contributed by atoms with Crippen LogP contribution in [0.15, 0.2) is 48.5 Å². The number of aliphatic carboxylic acids is 1. The zero-order valence-electron chi connectivity index (χ0n) is 19.3. The molecule has 2 aromatic carbocycles. The van der Waals surface area contributed by atoms with Crippen LogP contribution < -0.4 is 10.6 Å². The molecule has 1 aliphatic rings. The average molecular weight is 453 g/mol. The van der Waals surface area contributed by atoms with Crippen LogP contribution in [0.1, 0.15) is 57.1 Å². The number of benzene rings is 2. The van der Waals surface area contributed by atoms with Crippen molar-refractivity contribution in [3.05, 3.63) is 59.7 Å². The first-order chi connectivity index (χ1) is 15.8. The van der Waals surface area contributed by atoms with Gasteiger partial charge in [0.1, 0.15) is 12.6 Å². The number of fused-ring (bicyclic) bond motifs is 3. The number of carbonyl (C=O) groups excluding carboxylic acids is 2. The van der Waals surface area contributed by atoms with E-state index in [0.717, 1.165) is 28.7 Å². The van der Waals surface area contributed by atoms with Gasteiger partial charge >= 0.3 is 12.1 Å². The number of carboxylic acid groups (broad SMARTS) is 1. The minimum Gasteiger partial charge on any atom is -0.481 e. The van der Waals surface area contributed by atoms with Crippen LogP contribution in [0.25, 0.3) is 11.1 Å². The molecule has 0 aliphatic heterocycles. The fourth-order valence-electron chi connectivity index (χ4n) is 4.24. The number of carbonyl (C=O) groups is 3. The Morgan fingerprint density at radius 1 is 0.970 bits per heavy atom. The standard InChI is InChI=1S/C26H32N2O5/c1-4-16(2)13-23(25(31)27-17(3)14-24(29)30)28-26(32)33-15-22-20-11-7-5-9-18(20)19-10-6-8-12-21(19)22/h5-12,16-17,22-23H,4,13-15H2,1-3H3,(H,27,31)(H,28,32)(H,29,30)/t16?,17-,23?/m0/s1. The highest BCUT2D eigenvalue weighted by atomic mass is 16.5. The van der Waals surface area contributed by atoms with Crippen molar-refractivity contribution in [2.45, 2.75) is 58.0 Å². The second-order valence-corrected chi connectivity index (χ2v) is 8.78. The van der Waals surface area contributed by atoms with Crippen LogP contribution in [0.5, 0.6) is 0 Å². The zero-order chi connectivity index (χ0) is 24.0. The van der Waals surface area contributed by atoms with Gasteiger partial charge in [-0.25, -0.2) is 4.79 Å². The second kappa shape index (κ2) is 11.0. The first kappa shape index (κ1) is 24.3. The molecule has 0 radical (unpaired) electrons. The van der Waals surface area contributed by atoms with Crippen molar-refractivity contribution < 1.29 is 24.2 Å². The third kappa shape index (κ3) is 6.12. The van der Waals surface area contributed by atoms with Crippen LogP contribution in [0, 0.1) is 5.92 Å². The van der Waals surface area contributed by atoms with Crippen molar-refractivity contribution >= 4 is 18.0 Å². The topological polar surface area (TPSA) is 105 Å². The fourth-order valence-corrected chi connectivity index (χ4v) is 4.24. The normalized spacial score (nSPS) is 15.0. The molecule has 0 saturated carbocycles. The molecule has 0 bridgehead atoms. The summed E-state index contributed by atoms with van der Waals surface area (Å²) in [5.74, 6) is -1.27. The number of nitrogens with one attached hydrogen (secondary N) is 2. The number of hydrogen-bond donors (Lipinski definition) is 3. The van der Waals surface area contributed by atoms with Gasteiger partial charge in [-0.05, 0) is 41.5 Å². The number of rotatable bonds is 10. The van der Waals surface area contributed by atoms with E-state index in [0.29, 0.717) is 6.42 Å². The SMILES string of the molecule is CCC(C)CC(NC(=O)OCC1c2ccccc2-c2ccccc21)C(=O)N[C@@H](C)CC(=O)O. The third-order valence-corrected chi connectivity index (χ3v) is 6.16. The summed E-state index contributed by atoms with van der Waals surface area (Å²) in [5.41, 5.74) is 4.51. The molecule has 2 unspecified atom stereocenters. The molecular formula is C26H32N2O5. The molecule has 176 valence electrons. The van der Waals surface area contributed by atoms with E-state index in [1.807, 2.05) is 50.2 Å². The van der Waals surface area contributed by atoms with Gasteiger partial charge in [0.25, 0.3) is 0 Å². The molecule has 3 atom stereocenters. The Kier molecular flexibility index (Phi) is 8.09. The molecular weight excluding hydrogens is 420 g/mol. The smallest absolute Gasteiger partial charge is 0.407 e. The highest BCUT2D eigenvalue weighted by molar-refractivity contribution is 5.86. The summed E-state index contributed by atoms with van der Waals surface area (Å²) in [6, 6.07) is 14.8. The number of alkyl carbamates (subject to hydrolysis) is 1. The molecule has 7 nitrogen and oxygen atoms in total. The minimum absolute atomic E-state index is 0.0689. The van der Waals surface area contributed by atoms with Crippen molar-refractivity contribution in [3.8, 4) is 11.1 Å². The number of hydrogen-bond acceptors (Lipinski definition) is 4. The van der Waals surface area contributed by atoms with Crippen LogP contribution in [0.2, 0.25) is 0 Å². The second-order valence-electron chi connectivity index (χ2n) is 8.78. The predicted octanol–water partition coefficient (Wildman–Crippen LogP) is 4.31. The van der Waals surface area contributed by atoms with Gasteiger partial charge < -0.3 is 20.5 Å². The Morgan fingerprint density at radius 2 is 1.55 bits per heavy atom. The first-order valence-electron chi connectivity index (χ1n) is 11.4. The van der Waals surface area contributed by atoms with E-state index in [1.165, 1.54) is 0 Å². The minimum atomic E-state index is -0.995.